The van der Waals surface area contributed by atoms with Crippen LogP contribution in [0.2, 0.25) is 0 Å². The maximum Gasteiger partial charge on any atom is 0.244 e. The molecule has 0 bridgehead atoms. The summed E-state index contributed by atoms with van der Waals surface area (Å²) in [5.74, 6) is 0.802. The van der Waals surface area contributed by atoms with Crippen LogP contribution in [0.15, 0.2) is 54.6 Å². The molecule has 0 radical (unpaired) electrons. The largest absolute Gasteiger partial charge is 0.373 e. The van der Waals surface area contributed by atoms with E-state index < -0.39 is 0 Å². The zero-order valence-corrected chi connectivity index (χ0v) is 14.5. The van der Waals surface area contributed by atoms with Crippen molar-refractivity contribution in [3.05, 3.63) is 54.6 Å². The standard InChI is InChI=1S/C21H26N2O/c1-16-9-8-14-23(15-16)21(24)17(2)22-20-13-7-6-12-19(20)18-10-4-3-5-11-18/h3-7,10-13,16-17,22H,8-9,14-15H2,1-2H3/t16-,17+/m1/s1. The van der Waals surface area contributed by atoms with Gasteiger partial charge < -0.3 is 10.2 Å². The Hall–Kier alpha value is -2.29. The Bertz CT molecular complexity index is 683. The van der Waals surface area contributed by atoms with Crippen molar-refractivity contribution in [2.24, 2.45) is 5.92 Å². The van der Waals surface area contributed by atoms with Gasteiger partial charge in [-0.25, -0.2) is 0 Å². The number of para-hydroxylation sites is 1. The quantitative estimate of drug-likeness (QED) is 0.904. The first kappa shape index (κ1) is 16.6. The van der Waals surface area contributed by atoms with E-state index in [4.69, 9.17) is 0 Å². The molecular weight excluding hydrogens is 296 g/mol. The third-order valence-corrected chi connectivity index (χ3v) is 4.72. The average Bonchev–Trinajstić information content (AvgIpc) is 2.62. The van der Waals surface area contributed by atoms with Gasteiger partial charge in [0.05, 0.1) is 0 Å². The topological polar surface area (TPSA) is 32.3 Å². The Balaban J connectivity index is 1.75. The molecule has 1 fully saturated rings. The summed E-state index contributed by atoms with van der Waals surface area (Å²) in [6, 6.07) is 18.2. The Morgan fingerprint density at radius 3 is 2.58 bits per heavy atom. The zero-order valence-electron chi connectivity index (χ0n) is 14.5. The molecule has 3 rings (SSSR count). The minimum absolute atomic E-state index is 0.199. The fourth-order valence-electron chi connectivity index (χ4n) is 3.44. The van der Waals surface area contributed by atoms with Crippen LogP contribution in [0.25, 0.3) is 11.1 Å². The molecule has 1 aliphatic heterocycles. The molecule has 24 heavy (non-hydrogen) atoms. The number of anilines is 1. The Morgan fingerprint density at radius 2 is 1.83 bits per heavy atom. The van der Waals surface area contributed by atoms with Crippen molar-refractivity contribution >= 4 is 11.6 Å². The lowest BCUT2D eigenvalue weighted by molar-refractivity contribution is -0.133. The summed E-state index contributed by atoms with van der Waals surface area (Å²) >= 11 is 0. The highest BCUT2D eigenvalue weighted by molar-refractivity contribution is 5.87. The average molecular weight is 322 g/mol. The number of nitrogens with zero attached hydrogens (tertiary/aromatic N) is 1. The Labute approximate surface area is 144 Å². The molecule has 2 atom stereocenters. The van der Waals surface area contributed by atoms with Gasteiger partial charge in [-0.15, -0.1) is 0 Å². The smallest absolute Gasteiger partial charge is 0.244 e. The van der Waals surface area contributed by atoms with Gasteiger partial charge in [0.1, 0.15) is 6.04 Å². The summed E-state index contributed by atoms with van der Waals surface area (Å²) < 4.78 is 0. The number of carbonyl (C=O) groups excluding carboxylic acids is 1. The minimum Gasteiger partial charge on any atom is -0.373 e. The number of nitrogens with one attached hydrogen (secondary N) is 1. The summed E-state index contributed by atoms with van der Waals surface area (Å²) in [5.41, 5.74) is 3.30. The fourth-order valence-corrected chi connectivity index (χ4v) is 3.44. The summed E-state index contributed by atoms with van der Waals surface area (Å²) in [6.45, 7) is 5.95. The SMILES string of the molecule is C[C@@H]1CCCN(C(=O)[C@H](C)Nc2ccccc2-c2ccccc2)C1. The molecule has 0 aromatic heterocycles. The number of carbonyl (C=O) groups is 1. The second-order valence-corrected chi connectivity index (χ2v) is 6.81. The maximum atomic E-state index is 12.8. The van der Waals surface area contributed by atoms with Crippen molar-refractivity contribution in [2.75, 3.05) is 18.4 Å². The normalized spacial score (nSPS) is 18.9. The highest BCUT2D eigenvalue weighted by atomic mass is 16.2. The lowest BCUT2D eigenvalue weighted by Crippen LogP contribution is -2.45. The van der Waals surface area contributed by atoms with Crippen LogP contribution in [-0.4, -0.2) is 29.9 Å². The fraction of sp³-hybridized carbons (Fsp3) is 0.381. The molecule has 0 spiro atoms. The summed E-state index contributed by atoms with van der Waals surface area (Å²) in [7, 11) is 0. The second-order valence-electron chi connectivity index (χ2n) is 6.81. The van der Waals surface area contributed by atoms with Crippen molar-refractivity contribution in [1.82, 2.24) is 4.90 Å². The molecule has 1 saturated heterocycles. The first-order valence-electron chi connectivity index (χ1n) is 8.85. The van der Waals surface area contributed by atoms with Crippen LogP contribution in [0.4, 0.5) is 5.69 Å². The molecule has 1 amide bonds. The van der Waals surface area contributed by atoms with Crippen molar-refractivity contribution < 1.29 is 4.79 Å². The number of amides is 1. The lowest BCUT2D eigenvalue weighted by atomic mass is 9.99. The van der Waals surface area contributed by atoms with Crippen LogP contribution in [0, 0.1) is 5.92 Å². The van der Waals surface area contributed by atoms with E-state index >= 15 is 0 Å². The molecule has 0 unspecified atom stereocenters. The number of piperidine rings is 1. The van der Waals surface area contributed by atoms with Gasteiger partial charge in [-0.1, -0.05) is 55.5 Å². The molecular formula is C21H26N2O. The van der Waals surface area contributed by atoms with E-state index in [-0.39, 0.29) is 11.9 Å². The van der Waals surface area contributed by atoms with E-state index in [2.05, 4.69) is 30.4 Å². The number of hydrogen-bond donors (Lipinski definition) is 1. The molecule has 1 aliphatic rings. The van der Waals surface area contributed by atoms with Gasteiger partial charge in [0, 0.05) is 24.3 Å². The van der Waals surface area contributed by atoms with Crippen LogP contribution in [-0.2, 0) is 4.79 Å². The van der Waals surface area contributed by atoms with E-state index in [0.717, 1.165) is 36.3 Å². The van der Waals surface area contributed by atoms with Gasteiger partial charge in [0.15, 0.2) is 0 Å². The molecule has 0 aliphatic carbocycles. The highest BCUT2D eigenvalue weighted by Gasteiger charge is 2.25. The van der Waals surface area contributed by atoms with Crippen molar-refractivity contribution in [2.45, 2.75) is 32.7 Å². The predicted molar refractivity (Wildman–Crippen MR) is 99.9 cm³/mol. The molecule has 0 saturated carbocycles. The lowest BCUT2D eigenvalue weighted by Gasteiger charge is -2.33. The van der Waals surface area contributed by atoms with Crippen molar-refractivity contribution in [3.8, 4) is 11.1 Å². The van der Waals surface area contributed by atoms with Crippen LogP contribution in [0.1, 0.15) is 26.7 Å². The highest BCUT2D eigenvalue weighted by Crippen LogP contribution is 2.28. The minimum atomic E-state index is -0.222. The number of likely N-dealkylation sites (tertiary alicyclic amines) is 1. The van der Waals surface area contributed by atoms with E-state index in [1.165, 1.54) is 6.42 Å². The third-order valence-electron chi connectivity index (χ3n) is 4.72. The van der Waals surface area contributed by atoms with Crippen LogP contribution in [0.5, 0.6) is 0 Å². The van der Waals surface area contributed by atoms with Gasteiger partial charge >= 0.3 is 0 Å². The summed E-state index contributed by atoms with van der Waals surface area (Å²) in [6.07, 6.45) is 2.34. The Morgan fingerprint density at radius 1 is 1.12 bits per heavy atom. The number of hydrogen-bond acceptors (Lipinski definition) is 2. The monoisotopic (exact) mass is 322 g/mol. The Kier molecular flexibility index (Phi) is 5.19. The maximum absolute atomic E-state index is 12.8. The predicted octanol–water partition coefficient (Wildman–Crippen LogP) is 4.41. The van der Waals surface area contributed by atoms with E-state index in [1.54, 1.807) is 0 Å². The van der Waals surface area contributed by atoms with E-state index in [0.29, 0.717) is 5.92 Å². The van der Waals surface area contributed by atoms with Crippen LogP contribution < -0.4 is 5.32 Å². The molecule has 1 heterocycles. The molecule has 2 aromatic carbocycles. The molecule has 1 N–H and O–H groups in total. The summed E-state index contributed by atoms with van der Waals surface area (Å²) in [5, 5.41) is 3.43. The first-order chi connectivity index (χ1) is 11.6. The first-order valence-corrected chi connectivity index (χ1v) is 8.85. The van der Waals surface area contributed by atoms with Gasteiger partial charge in [-0.05, 0) is 37.3 Å². The second kappa shape index (κ2) is 7.52. The van der Waals surface area contributed by atoms with Crippen LogP contribution >= 0.6 is 0 Å². The summed E-state index contributed by atoms with van der Waals surface area (Å²) in [4.78, 5) is 14.8. The van der Waals surface area contributed by atoms with Crippen molar-refractivity contribution in [3.63, 3.8) is 0 Å². The molecule has 3 nitrogen and oxygen atoms in total. The molecule has 3 heteroatoms. The van der Waals surface area contributed by atoms with Gasteiger partial charge in [0.25, 0.3) is 0 Å². The molecule has 2 aromatic rings. The zero-order chi connectivity index (χ0) is 16.9. The van der Waals surface area contributed by atoms with Crippen molar-refractivity contribution in [1.29, 1.82) is 0 Å². The van der Waals surface area contributed by atoms with E-state index in [9.17, 15) is 4.79 Å². The molecule has 126 valence electrons. The van der Waals surface area contributed by atoms with Gasteiger partial charge in [-0.2, -0.15) is 0 Å². The number of benzene rings is 2. The number of rotatable bonds is 4. The van der Waals surface area contributed by atoms with Gasteiger partial charge in [-0.3, -0.25) is 4.79 Å². The van der Waals surface area contributed by atoms with E-state index in [1.807, 2.05) is 48.2 Å². The van der Waals surface area contributed by atoms with Gasteiger partial charge in [0.2, 0.25) is 5.91 Å². The van der Waals surface area contributed by atoms with Crippen LogP contribution in [0.3, 0.4) is 0 Å². The third kappa shape index (κ3) is 3.78.